The van der Waals surface area contributed by atoms with Crippen LogP contribution in [0.1, 0.15) is 23.7 Å². The topological polar surface area (TPSA) is 29.9 Å². The average Bonchev–Trinajstić information content (AvgIpc) is 2.84. The molecule has 0 unspecified atom stereocenters. The lowest BCUT2D eigenvalue weighted by Gasteiger charge is -2.13. The third-order valence-electron chi connectivity index (χ3n) is 3.12. The highest BCUT2D eigenvalue weighted by atomic mass is 19.4. The maximum Gasteiger partial charge on any atom is 0.416 e. The van der Waals surface area contributed by atoms with Gasteiger partial charge in [-0.2, -0.15) is 18.3 Å². The highest BCUT2D eigenvalue weighted by Gasteiger charge is 2.32. The van der Waals surface area contributed by atoms with Crippen molar-refractivity contribution in [2.45, 2.75) is 33.1 Å². The van der Waals surface area contributed by atoms with Crippen LogP contribution in [-0.4, -0.2) is 9.78 Å². The number of aryl methyl sites for hydroxylation is 2. The maximum atomic E-state index is 12.8. The first-order valence-electron chi connectivity index (χ1n) is 6.34. The summed E-state index contributed by atoms with van der Waals surface area (Å²) in [4.78, 5) is 0. The van der Waals surface area contributed by atoms with Crippen molar-refractivity contribution in [3.8, 4) is 0 Å². The van der Waals surface area contributed by atoms with E-state index in [-0.39, 0.29) is 5.56 Å². The summed E-state index contributed by atoms with van der Waals surface area (Å²) in [5, 5.41) is 7.12. The summed E-state index contributed by atoms with van der Waals surface area (Å²) in [6.07, 6.45) is -2.65. The van der Waals surface area contributed by atoms with Gasteiger partial charge in [-0.3, -0.25) is 4.68 Å². The van der Waals surface area contributed by atoms with Crippen LogP contribution in [-0.2, 0) is 19.3 Å². The zero-order valence-corrected chi connectivity index (χ0v) is 11.3. The van der Waals surface area contributed by atoms with E-state index in [1.807, 2.05) is 13.0 Å². The molecule has 0 amide bonds. The Morgan fingerprint density at radius 1 is 1.25 bits per heavy atom. The number of anilines is 1. The Morgan fingerprint density at radius 3 is 2.65 bits per heavy atom. The van der Waals surface area contributed by atoms with Crippen LogP contribution in [0.3, 0.4) is 0 Å². The van der Waals surface area contributed by atoms with Crippen LogP contribution >= 0.6 is 0 Å². The first-order valence-corrected chi connectivity index (χ1v) is 6.34. The molecule has 1 N–H and O–H groups in total. The number of nitrogens with zero attached hydrogens (tertiary/aromatic N) is 2. The molecule has 2 rings (SSSR count). The quantitative estimate of drug-likeness (QED) is 0.923. The molecule has 1 aromatic heterocycles. The molecule has 0 bridgehead atoms. The Balaban J connectivity index is 2.15. The van der Waals surface area contributed by atoms with Gasteiger partial charge in [0.1, 0.15) is 0 Å². The summed E-state index contributed by atoms with van der Waals surface area (Å²) in [5.41, 5.74) is 1.00. The fourth-order valence-electron chi connectivity index (χ4n) is 2.02. The molecule has 3 nitrogen and oxygen atoms in total. The van der Waals surface area contributed by atoms with Crippen LogP contribution in [0, 0.1) is 6.92 Å². The van der Waals surface area contributed by atoms with Gasteiger partial charge in [0.05, 0.1) is 17.8 Å². The number of benzene rings is 1. The lowest BCUT2D eigenvalue weighted by atomic mass is 10.1. The minimum Gasteiger partial charge on any atom is -0.379 e. The largest absolute Gasteiger partial charge is 0.416 e. The van der Waals surface area contributed by atoms with Gasteiger partial charge in [0.25, 0.3) is 0 Å². The highest BCUT2D eigenvalue weighted by molar-refractivity contribution is 5.49. The Labute approximate surface area is 115 Å². The van der Waals surface area contributed by atoms with Crippen molar-refractivity contribution in [3.05, 3.63) is 47.3 Å². The predicted molar refractivity (Wildman–Crippen MR) is 71.4 cm³/mol. The van der Waals surface area contributed by atoms with Crippen LogP contribution < -0.4 is 5.32 Å². The highest BCUT2D eigenvalue weighted by Crippen LogP contribution is 2.33. The van der Waals surface area contributed by atoms with Gasteiger partial charge in [-0.25, -0.2) is 0 Å². The zero-order valence-electron chi connectivity index (χ0n) is 11.3. The number of nitrogens with one attached hydrogen (secondary N) is 1. The molecule has 6 heteroatoms. The van der Waals surface area contributed by atoms with Crippen molar-refractivity contribution in [3.63, 3.8) is 0 Å². The van der Waals surface area contributed by atoms with Crippen LogP contribution in [0.4, 0.5) is 18.9 Å². The molecule has 1 aromatic carbocycles. The van der Waals surface area contributed by atoms with Gasteiger partial charge in [0.2, 0.25) is 0 Å². The third kappa shape index (κ3) is 3.12. The molecule has 0 fully saturated rings. The summed E-state index contributed by atoms with van der Waals surface area (Å²) < 4.78 is 40.3. The fraction of sp³-hybridized carbons (Fsp3) is 0.357. The van der Waals surface area contributed by atoms with E-state index in [1.54, 1.807) is 16.9 Å². The summed E-state index contributed by atoms with van der Waals surface area (Å²) in [6, 6.07) is 6.11. The second kappa shape index (κ2) is 5.56. The number of aromatic nitrogens is 2. The Bertz CT molecular complexity index is 588. The molecule has 1 heterocycles. The van der Waals surface area contributed by atoms with E-state index in [4.69, 9.17) is 0 Å². The zero-order chi connectivity index (χ0) is 14.8. The molecule has 0 spiro atoms. The summed E-state index contributed by atoms with van der Waals surface area (Å²) in [7, 11) is 0. The Morgan fingerprint density at radius 2 is 2.00 bits per heavy atom. The molecule has 2 aromatic rings. The van der Waals surface area contributed by atoms with E-state index in [1.165, 1.54) is 13.0 Å². The van der Waals surface area contributed by atoms with Crippen LogP contribution in [0.5, 0.6) is 0 Å². The molecule has 0 radical (unpaired) electrons. The first kappa shape index (κ1) is 14.4. The minimum absolute atomic E-state index is 0.224. The summed E-state index contributed by atoms with van der Waals surface area (Å²) in [6.45, 7) is 4.59. The van der Waals surface area contributed by atoms with Crippen LogP contribution in [0.2, 0.25) is 0 Å². The lowest BCUT2D eigenvalue weighted by Crippen LogP contribution is -2.10. The standard InChI is InChI=1S/C14H16F3N3/c1-3-20-12(6-7-19-20)9-18-11-5-4-10(2)13(8-11)14(15,16)17/h4-8,18H,3,9H2,1-2H3. The van der Waals surface area contributed by atoms with Gasteiger partial charge in [-0.1, -0.05) is 6.07 Å². The molecule has 108 valence electrons. The van der Waals surface area contributed by atoms with E-state index in [2.05, 4.69) is 10.4 Å². The molecule has 0 aliphatic rings. The third-order valence-corrected chi connectivity index (χ3v) is 3.12. The molecule has 0 saturated heterocycles. The first-order chi connectivity index (χ1) is 9.41. The van der Waals surface area contributed by atoms with Crippen molar-refractivity contribution in [2.24, 2.45) is 0 Å². The van der Waals surface area contributed by atoms with E-state index in [0.717, 1.165) is 18.3 Å². The molecule has 20 heavy (non-hydrogen) atoms. The van der Waals surface area contributed by atoms with Gasteiger partial charge in [0.15, 0.2) is 0 Å². The van der Waals surface area contributed by atoms with Crippen LogP contribution in [0.15, 0.2) is 30.5 Å². The Kier molecular flexibility index (Phi) is 4.01. The van der Waals surface area contributed by atoms with E-state index < -0.39 is 11.7 Å². The molecule has 0 aliphatic heterocycles. The summed E-state index contributed by atoms with van der Waals surface area (Å²) >= 11 is 0. The second-order valence-corrected chi connectivity index (χ2v) is 4.52. The summed E-state index contributed by atoms with van der Waals surface area (Å²) in [5.74, 6) is 0. The number of halogens is 3. The second-order valence-electron chi connectivity index (χ2n) is 4.52. The lowest BCUT2D eigenvalue weighted by molar-refractivity contribution is -0.138. The van der Waals surface area contributed by atoms with E-state index in [9.17, 15) is 13.2 Å². The number of hydrogen-bond donors (Lipinski definition) is 1. The van der Waals surface area contributed by atoms with E-state index in [0.29, 0.717) is 12.2 Å². The van der Waals surface area contributed by atoms with Gasteiger partial charge >= 0.3 is 6.18 Å². The van der Waals surface area contributed by atoms with Gasteiger partial charge < -0.3 is 5.32 Å². The smallest absolute Gasteiger partial charge is 0.379 e. The maximum absolute atomic E-state index is 12.8. The fourth-order valence-corrected chi connectivity index (χ4v) is 2.02. The molecular formula is C14H16F3N3. The monoisotopic (exact) mass is 283 g/mol. The van der Waals surface area contributed by atoms with Crippen LogP contribution in [0.25, 0.3) is 0 Å². The molecule has 0 atom stereocenters. The van der Waals surface area contributed by atoms with Gasteiger partial charge in [-0.15, -0.1) is 0 Å². The van der Waals surface area contributed by atoms with Crippen molar-refractivity contribution in [2.75, 3.05) is 5.32 Å². The van der Waals surface area contributed by atoms with Gasteiger partial charge in [0, 0.05) is 18.4 Å². The SMILES string of the molecule is CCn1nccc1CNc1ccc(C)c(C(F)(F)F)c1. The van der Waals surface area contributed by atoms with Gasteiger partial charge in [-0.05, 0) is 37.6 Å². The molecule has 0 saturated carbocycles. The molecular weight excluding hydrogens is 267 g/mol. The van der Waals surface area contributed by atoms with Crippen molar-refractivity contribution >= 4 is 5.69 Å². The van der Waals surface area contributed by atoms with Crippen molar-refractivity contribution in [1.82, 2.24) is 9.78 Å². The predicted octanol–water partition coefficient (Wildman–Crippen LogP) is 3.84. The molecule has 0 aliphatic carbocycles. The Hall–Kier alpha value is -1.98. The van der Waals surface area contributed by atoms with Crippen molar-refractivity contribution < 1.29 is 13.2 Å². The van der Waals surface area contributed by atoms with Crippen molar-refractivity contribution in [1.29, 1.82) is 0 Å². The number of hydrogen-bond acceptors (Lipinski definition) is 2. The number of alkyl halides is 3. The minimum atomic E-state index is -4.33. The normalized spacial score (nSPS) is 11.7. The van der Waals surface area contributed by atoms with E-state index >= 15 is 0 Å². The number of rotatable bonds is 4. The average molecular weight is 283 g/mol.